The van der Waals surface area contributed by atoms with Crippen LogP contribution in [0.15, 0.2) is 53.5 Å². The first-order valence-electron chi connectivity index (χ1n) is 8.00. The second kappa shape index (κ2) is 6.46. The highest BCUT2D eigenvalue weighted by atomic mass is 28.3. The number of carbonyl (C=O) groups excluding carboxylic acids is 1. The molecule has 1 heterocycles. The molecule has 1 N–H and O–H groups in total. The monoisotopic (exact) mass is 332 g/mol. The topological polar surface area (TPSA) is 41.5 Å². The molecule has 4 heteroatoms. The van der Waals surface area contributed by atoms with Crippen LogP contribution < -0.4 is 5.32 Å². The molecule has 0 aromatic heterocycles. The zero-order valence-corrected chi connectivity index (χ0v) is 15.2. The number of benzene rings is 2. The van der Waals surface area contributed by atoms with Gasteiger partial charge in [0.25, 0.3) is 0 Å². The maximum atomic E-state index is 11.9. The normalized spacial score (nSPS) is 13.8. The van der Waals surface area contributed by atoms with E-state index in [-0.39, 0.29) is 12.5 Å². The summed E-state index contributed by atoms with van der Waals surface area (Å²) in [4.78, 5) is 16.5. The predicted octanol–water partition coefficient (Wildman–Crippen LogP) is 3.71. The molecule has 2 aromatic carbocycles. The maximum Gasteiger partial charge on any atom is 0.246 e. The third-order valence-electron chi connectivity index (χ3n) is 3.56. The molecule has 1 aliphatic rings. The van der Waals surface area contributed by atoms with Gasteiger partial charge >= 0.3 is 0 Å². The van der Waals surface area contributed by atoms with Crippen molar-refractivity contribution >= 4 is 25.4 Å². The molecule has 1 amide bonds. The number of nitrogens with zero attached hydrogens (tertiary/aromatic N) is 1. The van der Waals surface area contributed by atoms with Crippen molar-refractivity contribution in [1.29, 1.82) is 0 Å². The standard InChI is InChI=1S/C20H20N2OSi/c1-24(2,3)12-11-15-9-10-18-17(13-15)20(21-14-19(23)22-18)16-7-5-4-6-8-16/h4-10,13H,14H2,1-3H3,(H,22,23). The van der Waals surface area contributed by atoms with Crippen LogP contribution in [0.3, 0.4) is 0 Å². The predicted molar refractivity (Wildman–Crippen MR) is 102 cm³/mol. The van der Waals surface area contributed by atoms with E-state index in [2.05, 4.69) is 41.4 Å². The second-order valence-electron chi connectivity index (χ2n) is 6.84. The largest absolute Gasteiger partial charge is 0.324 e. The molecule has 0 fully saturated rings. The van der Waals surface area contributed by atoms with E-state index >= 15 is 0 Å². The molecular weight excluding hydrogens is 312 g/mol. The number of aliphatic imine (C=N–C) groups is 1. The minimum absolute atomic E-state index is 0.0943. The molecule has 0 saturated carbocycles. The lowest BCUT2D eigenvalue weighted by molar-refractivity contribution is -0.114. The van der Waals surface area contributed by atoms with Crippen LogP contribution in [0, 0.1) is 11.5 Å². The second-order valence-corrected chi connectivity index (χ2v) is 11.6. The molecule has 0 atom stereocenters. The average Bonchev–Trinajstić information content (AvgIpc) is 2.71. The molecule has 3 nitrogen and oxygen atoms in total. The van der Waals surface area contributed by atoms with Crippen molar-refractivity contribution in [1.82, 2.24) is 0 Å². The Labute approximate surface area is 143 Å². The number of hydrogen-bond acceptors (Lipinski definition) is 2. The van der Waals surface area contributed by atoms with Gasteiger partial charge in [0.05, 0.1) is 11.4 Å². The van der Waals surface area contributed by atoms with Gasteiger partial charge in [-0.05, 0) is 18.2 Å². The van der Waals surface area contributed by atoms with E-state index in [1.807, 2.05) is 48.5 Å². The number of rotatable bonds is 1. The van der Waals surface area contributed by atoms with Gasteiger partial charge < -0.3 is 5.32 Å². The van der Waals surface area contributed by atoms with Crippen LogP contribution in [0.5, 0.6) is 0 Å². The van der Waals surface area contributed by atoms with Crippen molar-refractivity contribution in [2.45, 2.75) is 19.6 Å². The van der Waals surface area contributed by atoms with E-state index in [1.165, 1.54) is 0 Å². The molecule has 0 radical (unpaired) electrons. The Morgan fingerprint density at radius 1 is 1.08 bits per heavy atom. The van der Waals surface area contributed by atoms with Gasteiger partial charge in [-0.2, -0.15) is 0 Å². The Kier molecular flexibility index (Phi) is 4.37. The van der Waals surface area contributed by atoms with E-state index in [0.717, 1.165) is 28.1 Å². The smallest absolute Gasteiger partial charge is 0.246 e. The zero-order chi connectivity index (χ0) is 17.2. The Bertz CT molecular complexity index is 868. The minimum Gasteiger partial charge on any atom is -0.324 e. The lowest BCUT2D eigenvalue weighted by Gasteiger charge is -2.11. The van der Waals surface area contributed by atoms with Gasteiger partial charge in [-0.3, -0.25) is 9.79 Å². The summed E-state index contributed by atoms with van der Waals surface area (Å²) in [5.41, 5.74) is 7.90. The van der Waals surface area contributed by atoms with Crippen LogP contribution >= 0.6 is 0 Å². The number of carbonyl (C=O) groups is 1. The summed E-state index contributed by atoms with van der Waals surface area (Å²) in [7, 11) is -1.44. The zero-order valence-electron chi connectivity index (χ0n) is 14.2. The fraction of sp³-hybridized carbons (Fsp3) is 0.200. The first-order valence-corrected chi connectivity index (χ1v) is 11.5. The van der Waals surface area contributed by atoms with E-state index < -0.39 is 8.07 Å². The third kappa shape index (κ3) is 3.81. The molecule has 0 saturated heterocycles. The highest BCUT2D eigenvalue weighted by molar-refractivity contribution is 6.83. The summed E-state index contributed by atoms with van der Waals surface area (Å²) in [6.45, 7) is 6.80. The number of hydrogen-bond donors (Lipinski definition) is 1. The van der Waals surface area contributed by atoms with Crippen molar-refractivity contribution in [3.05, 3.63) is 65.2 Å². The van der Waals surface area contributed by atoms with Gasteiger partial charge in [-0.1, -0.05) is 55.9 Å². The van der Waals surface area contributed by atoms with Crippen molar-refractivity contribution in [3.8, 4) is 11.5 Å². The van der Waals surface area contributed by atoms with Gasteiger partial charge in [0.2, 0.25) is 5.91 Å². The van der Waals surface area contributed by atoms with Crippen molar-refractivity contribution in [2.75, 3.05) is 11.9 Å². The summed E-state index contributed by atoms with van der Waals surface area (Å²) in [5.74, 6) is 3.19. The lowest BCUT2D eigenvalue weighted by atomic mass is 9.99. The van der Waals surface area contributed by atoms with Crippen molar-refractivity contribution < 1.29 is 4.79 Å². The highest BCUT2D eigenvalue weighted by Gasteiger charge is 2.18. The van der Waals surface area contributed by atoms with Crippen molar-refractivity contribution in [2.24, 2.45) is 4.99 Å². The Hall–Kier alpha value is -2.64. The molecule has 0 aliphatic carbocycles. The maximum absolute atomic E-state index is 11.9. The molecule has 0 unspecified atom stereocenters. The van der Waals surface area contributed by atoms with Crippen molar-refractivity contribution in [3.63, 3.8) is 0 Å². The molecule has 0 bridgehead atoms. The fourth-order valence-corrected chi connectivity index (χ4v) is 2.97. The summed E-state index contributed by atoms with van der Waals surface area (Å²) >= 11 is 0. The first-order chi connectivity index (χ1) is 11.4. The molecule has 0 spiro atoms. The van der Waals surface area contributed by atoms with Crippen LogP contribution in [0.25, 0.3) is 0 Å². The van der Waals surface area contributed by atoms with Crippen LogP contribution in [0.2, 0.25) is 19.6 Å². The van der Waals surface area contributed by atoms with Crippen LogP contribution in [0.1, 0.15) is 16.7 Å². The molecule has 120 valence electrons. The van der Waals surface area contributed by atoms with E-state index in [1.54, 1.807) is 0 Å². The van der Waals surface area contributed by atoms with Gasteiger partial charge in [-0.25, -0.2) is 0 Å². The quantitative estimate of drug-likeness (QED) is 0.628. The number of fused-ring (bicyclic) bond motifs is 1. The van der Waals surface area contributed by atoms with Gasteiger partial charge in [0.1, 0.15) is 14.6 Å². The van der Waals surface area contributed by atoms with Crippen LogP contribution in [-0.4, -0.2) is 26.2 Å². The number of anilines is 1. The van der Waals surface area contributed by atoms with Gasteiger partial charge in [-0.15, -0.1) is 5.54 Å². The average molecular weight is 332 g/mol. The molecule has 1 aliphatic heterocycles. The van der Waals surface area contributed by atoms with E-state index in [0.29, 0.717) is 0 Å². The van der Waals surface area contributed by atoms with Gasteiger partial charge in [0.15, 0.2) is 0 Å². The summed E-state index contributed by atoms with van der Waals surface area (Å²) in [5, 5.41) is 2.93. The number of amides is 1. The third-order valence-corrected chi connectivity index (χ3v) is 4.43. The summed E-state index contributed by atoms with van der Waals surface area (Å²) < 4.78 is 0. The Balaban J connectivity index is 2.11. The molecule has 3 rings (SSSR count). The minimum atomic E-state index is -1.44. The lowest BCUT2D eigenvalue weighted by Crippen LogP contribution is -2.16. The van der Waals surface area contributed by atoms with E-state index in [9.17, 15) is 4.79 Å². The summed E-state index contributed by atoms with van der Waals surface area (Å²) in [6, 6.07) is 15.9. The molecule has 2 aromatic rings. The highest BCUT2D eigenvalue weighted by Crippen LogP contribution is 2.24. The fourth-order valence-electron chi connectivity index (χ4n) is 2.46. The van der Waals surface area contributed by atoms with Crippen LogP contribution in [0.4, 0.5) is 5.69 Å². The number of nitrogens with one attached hydrogen (secondary N) is 1. The number of benzodiazepines with no additional fused rings is 1. The van der Waals surface area contributed by atoms with E-state index in [4.69, 9.17) is 0 Å². The molecular formula is C20H20N2OSi. The SMILES string of the molecule is C[Si](C)(C)C#Cc1ccc2c(c1)C(c1ccccc1)=NCC(=O)N2. The van der Waals surface area contributed by atoms with Gasteiger partial charge in [0, 0.05) is 16.7 Å². The molecule has 24 heavy (non-hydrogen) atoms. The Morgan fingerprint density at radius 2 is 1.83 bits per heavy atom. The summed E-state index contributed by atoms with van der Waals surface area (Å²) in [6.07, 6.45) is 0. The first kappa shape index (κ1) is 16.2. The Morgan fingerprint density at radius 3 is 2.54 bits per heavy atom. The van der Waals surface area contributed by atoms with Crippen LogP contribution in [-0.2, 0) is 4.79 Å².